The van der Waals surface area contributed by atoms with Crippen molar-refractivity contribution in [2.24, 2.45) is 11.8 Å². The van der Waals surface area contributed by atoms with Crippen LogP contribution < -0.4 is 19.7 Å². The maximum atomic E-state index is 13.4. The van der Waals surface area contributed by atoms with E-state index in [1.807, 2.05) is 12.2 Å². The van der Waals surface area contributed by atoms with Crippen LogP contribution in [-0.4, -0.2) is 43.3 Å². The van der Waals surface area contributed by atoms with Crippen molar-refractivity contribution in [3.05, 3.63) is 59.6 Å². The van der Waals surface area contributed by atoms with Gasteiger partial charge in [-0.3, -0.25) is 9.59 Å². The van der Waals surface area contributed by atoms with Crippen LogP contribution in [0.4, 0.5) is 11.4 Å². The summed E-state index contributed by atoms with van der Waals surface area (Å²) >= 11 is 5.99. The third-order valence-electron chi connectivity index (χ3n) is 6.35. The topological polar surface area (TPSA) is 77.1 Å². The van der Waals surface area contributed by atoms with E-state index in [1.54, 1.807) is 47.4 Å². The highest BCUT2D eigenvalue weighted by molar-refractivity contribution is 6.30. The number of nitrogens with one attached hydrogen (secondary N) is 1. The van der Waals surface area contributed by atoms with E-state index in [-0.39, 0.29) is 11.8 Å². The van der Waals surface area contributed by atoms with Crippen LogP contribution in [0.15, 0.2) is 54.6 Å². The van der Waals surface area contributed by atoms with Crippen molar-refractivity contribution >= 4 is 34.8 Å². The lowest BCUT2D eigenvalue weighted by Crippen LogP contribution is -2.41. The standard InChI is InChI=1S/C23H19ClN2O5/c24-13-1-4-15(5-2-13)26-12-23-8-7-17(31-23)19(20(23)22(26)28)21(27)25-14-3-6-16-18(11-14)30-10-9-29-16/h1-8,11,17,19-20H,9-10,12H2,(H,25,27)/t17-,19-,20+,23+/m1/s1. The first-order valence-electron chi connectivity index (χ1n) is 10.2. The summed E-state index contributed by atoms with van der Waals surface area (Å²) in [7, 11) is 0. The summed E-state index contributed by atoms with van der Waals surface area (Å²) in [5.74, 6) is -0.298. The van der Waals surface area contributed by atoms with Crippen molar-refractivity contribution in [1.29, 1.82) is 0 Å². The fourth-order valence-corrected chi connectivity index (χ4v) is 5.11. The van der Waals surface area contributed by atoms with Gasteiger partial charge in [-0.05, 0) is 36.4 Å². The van der Waals surface area contributed by atoms with Crippen molar-refractivity contribution < 1.29 is 23.8 Å². The second-order valence-electron chi connectivity index (χ2n) is 8.15. The summed E-state index contributed by atoms with van der Waals surface area (Å²) in [5, 5.41) is 3.53. The van der Waals surface area contributed by atoms with E-state index in [0.717, 1.165) is 5.69 Å². The molecule has 158 valence electrons. The zero-order chi connectivity index (χ0) is 21.2. The number of benzene rings is 2. The SMILES string of the molecule is O=C(Nc1ccc2c(c1)OCCO2)[C@H]1[C@H]2C(=O)N(c3ccc(Cl)cc3)C[C@@]23C=C[C@H]1O3. The van der Waals surface area contributed by atoms with Gasteiger partial charge in [-0.2, -0.15) is 0 Å². The third kappa shape index (κ3) is 2.84. The van der Waals surface area contributed by atoms with Crippen molar-refractivity contribution in [3.63, 3.8) is 0 Å². The monoisotopic (exact) mass is 438 g/mol. The highest BCUT2D eigenvalue weighted by Crippen LogP contribution is 2.53. The first-order chi connectivity index (χ1) is 15.0. The van der Waals surface area contributed by atoms with Gasteiger partial charge in [0.15, 0.2) is 11.5 Å². The minimum Gasteiger partial charge on any atom is -0.486 e. The van der Waals surface area contributed by atoms with Gasteiger partial charge < -0.3 is 24.4 Å². The minimum absolute atomic E-state index is 0.114. The Hall–Kier alpha value is -3.03. The smallest absolute Gasteiger partial charge is 0.234 e. The van der Waals surface area contributed by atoms with Crippen LogP contribution in [-0.2, 0) is 14.3 Å². The molecule has 0 radical (unpaired) electrons. The quantitative estimate of drug-likeness (QED) is 0.745. The van der Waals surface area contributed by atoms with E-state index in [0.29, 0.717) is 42.0 Å². The first-order valence-corrected chi connectivity index (χ1v) is 10.6. The van der Waals surface area contributed by atoms with Gasteiger partial charge in [0.2, 0.25) is 11.8 Å². The molecule has 0 aromatic heterocycles. The molecule has 4 aliphatic heterocycles. The third-order valence-corrected chi connectivity index (χ3v) is 6.60. The fraction of sp³-hybridized carbons (Fsp3) is 0.304. The maximum Gasteiger partial charge on any atom is 0.234 e. The maximum absolute atomic E-state index is 13.4. The summed E-state index contributed by atoms with van der Waals surface area (Å²) in [6, 6.07) is 12.4. The zero-order valence-corrected chi connectivity index (χ0v) is 17.2. The van der Waals surface area contributed by atoms with Crippen molar-refractivity contribution in [2.75, 3.05) is 30.0 Å². The lowest BCUT2D eigenvalue weighted by Gasteiger charge is -2.24. The minimum atomic E-state index is -0.782. The molecule has 0 unspecified atom stereocenters. The number of rotatable bonds is 3. The molecular weight excluding hydrogens is 420 g/mol. The van der Waals surface area contributed by atoms with Gasteiger partial charge >= 0.3 is 0 Å². The van der Waals surface area contributed by atoms with Crippen molar-refractivity contribution in [2.45, 2.75) is 11.7 Å². The average Bonchev–Trinajstić information content (AvgIpc) is 3.42. The first kappa shape index (κ1) is 18.7. The van der Waals surface area contributed by atoms with Crippen molar-refractivity contribution in [1.82, 2.24) is 0 Å². The Labute approximate surface area is 183 Å². The molecule has 2 bridgehead atoms. The van der Waals surface area contributed by atoms with Crippen LogP contribution in [0, 0.1) is 11.8 Å². The van der Waals surface area contributed by atoms with Crippen molar-refractivity contribution in [3.8, 4) is 11.5 Å². The van der Waals surface area contributed by atoms with Crippen LogP contribution in [0.5, 0.6) is 11.5 Å². The molecule has 0 saturated carbocycles. The number of carbonyl (C=O) groups is 2. The lowest BCUT2D eigenvalue weighted by molar-refractivity contribution is -0.128. The molecule has 2 aromatic rings. The van der Waals surface area contributed by atoms with E-state index in [9.17, 15) is 9.59 Å². The molecule has 2 saturated heterocycles. The molecule has 31 heavy (non-hydrogen) atoms. The molecule has 4 atom stereocenters. The van der Waals surface area contributed by atoms with Gasteiger partial charge in [-0.1, -0.05) is 23.8 Å². The lowest BCUT2D eigenvalue weighted by atomic mass is 9.77. The second-order valence-corrected chi connectivity index (χ2v) is 8.58. The number of hydrogen-bond acceptors (Lipinski definition) is 5. The van der Waals surface area contributed by atoms with Gasteiger partial charge in [-0.25, -0.2) is 0 Å². The number of amides is 2. The predicted octanol–water partition coefficient (Wildman–Crippen LogP) is 3.04. The molecule has 8 heteroatoms. The van der Waals surface area contributed by atoms with E-state index in [2.05, 4.69) is 5.32 Å². The van der Waals surface area contributed by atoms with Crippen LogP contribution >= 0.6 is 11.6 Å². The number of nitrogens with zero attached hydrogens (tertiary/aromatic N) is 1. The fourth-order valence-electron chi connectivity index (χ4n) is 4.98. The Morgan fingerprint density at radius 2 is 1.87 bits per heavy atom. The van der Waals surface area contributed by atoms with Crippen LogP contribution in [0.25, 0.3) is 0 Å². The highest BCUT2D eigenvalue weighted by atomic mass is 35.5. The summed E-state index contributed by atoms with van der Waals surface area (Å²) in [5.41, 5.74) is 0.551. The highest BCUT2D eigenvalue weighted by Gasteiger charge is 2.67. The molecule has 2 fully saturated rings. The number of carbonyl (C=O) groups excluding carboxylic acids is 2. The van der Waals surface area contributed by atoms with Gasteiger partial charge in [-0.15, -0.1) is 0 Å². The molecule has 1 spiro atoms. The number of fused-ring (bicyclic) bond motifs is 2. The van der Waals surface area contributed by atoms with E-state index < -0.39 is 23.5 Å². The predicted molar refractivity (Wildman–Crippen MR) is 114 cm³/mol. The molecule has 2 amide bonds. The average molecular weight is 439 g/mol. The Morgan fingerprint density at radius 1 is 1.10 bits per heavy atom. The Bertz CT molecular complexity index is 1120. The van der Waals surface area contributed by atoms with Gasteiger partial charge in [0, 0.05) is 22.5 Å². The van der Waals surface area contributed by atoms with Crippen LogP contribution in [0.3, 0.4) is 0 Å². The van der Waals surface area contributed by atoms with Gasteiger partial charge in [0.1, 0.15) is 18.8 Å². The zero-order valence-electron chi connectivity index (χ0n) is 16.4. The molecule has 7 nitrogen and oxygen atoms in total. The molecule has 1 N–H and O–H groups in total. The van der Waals surface area contributed by atoms with E-state index in [1.165, 1.54) is 0 Å². The van der Waals surface area contributed by atoms with Gasteiger partial charge in [0.25, 0.3) is 0 Å². The largest absolute Gasteiger partial charge is 0.486 e. The number of hydrogen-bond donors (Lipinski definition) is 1. The van der Waals surface area contributed by atoms with Crippen LogP contribution in [0.1, 0.15) is 0 Å². The van der Waals surface area contributed by atoms with Gasteiger partial charge in [0.05, 0.1) is 24.5 Å². The Kier molecular flexibility index (Phi) is 4.07. The normalized spacial score (nSPS) is 29.9. The molecular formula is C23H19ClN2O5. The number of ether oxygens (including phenoxy) is 3. The van der Waals surface area contributed by atoms with E-state index in [4.69, 9.17) is 25.8 Å². The summed E-state index contributed by atoms with van der Waals surface area (Å²) in [6.45, 7) is 1.34. The molecule has 2 aromatic carbocycles. The van der Waals surface area contributed by atoms with E-state index >= 15 is 0 Å². The Morgan fingerprint density at radius 3 is 2.68 bits per heavy atom. The summed E-state index contributed by atoms with van der Waals surface area (Å²) < 4.78 is 17.3. The molecule has 0 aliphatic carbocycles. The summed E-state index contributed by atoms with van der Waals surface area (Å²) in [4.78, 5) is 28.3. The Balaban J connectivity index is 1.27. The molecule has 4 aliphatic rings. The molecule has 4 heterocycles. The second kappa shape index (κ2) is 6.73. The molecule has 6 rings (SSSR count). The number of anilines is 2. The summed E-state index contributed by atoms with van der Waals surface area (Å²) in [6.07, 6.45) is 3.41. The van der Waals surface area contributed by atoms with Crippen LogP contribution in [0.2, 0.25) is 5.02 Å². The number of halogens is 1.